The third-order valence-corrected chi connectivity index (χ3v) is 3.19. The van der Waals surface area contributed by atoms with Gasteiger partial charge in [0, 0.05) is 5.69 Å². The first-order valence-corrected chi connectivity index (χ1v) is 5.89. The lowest BCUT2D eigenvalue weighted by molar-refractivity contribution is 0.420. The van der Waals surface area contributed by atoms with Crippen molar-refractivity contribution in [2.24, 2.45) is 5.92 Å². The van der Waals surface area contributed by atoms with Crippen LogP contribution in [0.4, 0.5) is 5.69 Å². The van der Waals surface area contributed by atoms with Crippen molar-refractivity contribution in [3.8, 4) is 0 Å². The highest BCUT2D eigenvalue weighted by molar-refractivity contribution is 5.64. The summed E-state index contributed by atoms with van der Waals surface area (Å²) >= 11 is 0. The Hall–Kier alpha value is -1.24. The molecule has 1 nitrogen and oxygen atoms in total. The van der Waals surface area contributed by atoms with Gasteiger partial charge in [0.25, 0.3) is 0 Å². The van der Waals surface area contributed by atoms with Crippen LogP contribution >= 0.6 is 0 Å². The Labute approximate surface area is 92.0 Å². The summed E-state index contributed by atoms with van der Waals surface area (Å²) in [7, 11) is 0. The first kappa shape index (κ1) is 10.3. The SMILES string of the molecule is Nc1ccccc1/C=C/C1CCCCC1. The molecule has 1 aliphatic rings. The van der Waals surface area contributed by atoms with Crippen LogP contribution in [0.25, 0.3) is 6.08 Å². The summed E-state index contributed by atoms with van der Waals surface area (Å²) in [5, 5.41) is 0. The number of allylic oxidation sites excluding steroid dienone is 1. The van der Waals surface area contributed by atoms with Crippen molar-refractivity contribution in [1.82, 2.24) is 0 Å². The van der Waals surface area contributed by atoms with Crippen LogP contribution in [0.5, 0.6) is 0 Å². The van der Waals surface area contributed by atoms with E-state index in [-0.39, 0.29) is 0 Å². The van der Waals surface area contributed by atoms with Crippen LogP contribution < -0.4 is 5.73 Å². The minimum atomic E-state index is 0.776. The molecule has 0 bridgehead atoms. The summed E-state index contributed by atoms with van der Waals surface area (Å²) in [5.41, 5.74) is 7.92. The summed E-state index contributed by atoms with van der Waals surface area (Å²) in [5.74, 6) is 0.776. The first-order valence-electron chi connectivity index (χ1n) is 5.89. The van der Waals surface area contributed by atoms with Gasteiger partial charge >= 0.3 is 0 Å². The van der Waals surface area contributed by atoms with Crippen molar-refractivity contribution in [2.45, 2.75) is 32.1 Å². The zero-order valence-electron chi connectivity index (χ0n) is 9.15. The molecule has 1 fully saturated rings. The van der Waals surface area contributed by atoms with Crippen LogP contribution in [0.3, 0.4) is 0 Å². The van der Waals surface area contributed by atoms with Crippen molar-refractivity contribution in [3.05, 3.63) is 35.9 Å². The smallest absolute Gasteiger partial charge is 0.0387 e. The fourth-order valence-electron chi connectivity index (χ4n) is 2.23. The van der Waals surface area contributed by atoms with E-state index in [0.717, 1.165) is 17.2 Å². The molecule has 0 heterocycles. The van der Waals surface area contributed by atoms with Crippen molar-refractivity contribution < 1.29 is 0 Å². The molecule has 0 aliphatic heterocycles. The van der Waals surface area contributed by atoms with E-state index in [1.807, 2.05) is 18.2 Å². The molecule has 80 valence electrons. The van der Waals surface area contributed by atoms with Gasteiger partial charge in [0.2, 0.25) is 0 Å². The van der Waals surface area contributed by atoms with Gasteiger partial charge in [0.15, 0.2) is 0 Å². The number of hydrogen-bond donors (Lipinski definition) is 1. The Morgan fingerprint density at radius 3 is 2.53 bits per heavy atom. The van der Waals surface area contributed by atoms with Gasteiger partial charge in [-0.25, -0.2) is 0 Å². The van der Waals surface area contributed by atoms with Gasteiger partial charge in [-0.3, -0.25) is 0 Å². The van der Waals surface area contributed by atoms with E-state index in [1.54, 1.807) is 0 Å². The topological polar surface area (TPSA) is 26.0 Å². The van der Waals surface area contributed by atoms with E-state index in [9.17, 15) is 0 Å². The van der Waals surface area contributed by atoms with E-state index in [1.165, 1.54) is 32.1 Å². The molecular weight excluding hydrogens is 182 g/mol. The second kappa shape index (κ2) is 5.01. The van der Waals surface area contributed by atoms with Crippen molar-refractivity contribution >= 4 is 11.8 Å². The predicted molar refractivity (Wildman–Crippen MR) is 66.5 cm³/mol. The molecule has 0 unspecified atom stereocenters. The quantitative estimate of drug-likeness (QED) is 0.722. The molecule has 15 heavy (non-hydrogen) atoms. The van der Waals surface area contributed by atoms with Gasteiger partial charge in [-0.1, -0.05) is 49.6 Å². The van der Waals surface area contributed by atoms with Crippen LogP contribution in [-0.2, 0) is 0 Å². The van der Waals surface area contributed by atoms with Crippen molar-refractivity contribution in [3.63, 3.8) is 0 Å². The fourth-order valence-corrected chi connectivity index (χ4v) is 2.23. The van der Waals surface area contributed by atoms with Gasteiger partial charge < -0.3 is 5.73 Å². The Balaban J connectivity index is 2.01. The molecule has 0 radical (unpaired) electrons. The van der Waals surface area contributed by atoms with E-state index in [4.69, 9.17) is 5.73 Å². The number of nitrogens with two attached hydrogens (primary N) is 1. The maximum atomic E-state index is 5.88. The van der Waals surface area contributed by atoms with Crippen molar-refractivity contribution in [1.29, 1.82) is 0 Å². The summed E-state index contributed by atoms with van der Waals surface area (Å²) in [4.78, 5) is 0. The first-order chi connectivity index (χ1) is 7.36. The fraction of sp³-hybridized carbons (Fsp3) is 0.429. The van der Waals surface area contributed by atoms with E-state index >= 15 is 0 Å². The van der Waals surface area contributed by atoms with Crippen molar-refractivity contribution in [2.75, 3.05) is 5.73 Å². The maximum absolute atomic E-state index is 5.88. The van der Waals surface area contributed by atoms with Gasteiger partial charge in [0.1, 0.15) is 0 Å². The number of benzene rings is 1. The molecule has 1 saturated carbocycles. The second-order valence-corrected chi connectivity index (χ2v) is 4.39. The molecule has 2 N–H and O–H groups in total. The summed E-state index contributed by atoms with van der Waals surface area (Å²) in [6.45, 7) is 0. The molecule has 1 aliphatic carbocycles. The van der Waals surface area contributed by atoms with Crippen LogP contribution in [0, 0.1) is 5.92 Å². The number of para-hydroxylation sites is 1. The molecule has 0 spiro atoms. The van der Waals surface area contributed by atoms with Crippen LogP contribution in [-0.4, -0.2) is 0 Å². The molecule has 1 aromatic carbocycles. The Bertz CT molecular complexity index is 335. The third kappa shape index (κ3) is 2.85. The van der Waals surface area contributed by atoms with Crippen LogP contribution in [0.1, 0.15) is 37.7 Å². The van der Waals surface area contributed by atoms with E-state index < -0.39 is 0 Å². The molecule has 1 heteroatoms. The lowest BCUT2D eigenvalue weighted by atomic mass is 9.89. The number of rotatable bonds is 2. The highest BCUT2D eigenvalue weighted by atomic mass is 14.5. The number of nitrogen functional groups attached to an aromatic ring is 1. The monoisotopic (exact) mass is 201 g/mol. The molecule has 2 rings (SSSR count). The average Bonchev–Trinajstić information content (AvgIpc) is 2.29. The third-order valence-electron chi connectivity index (χ3n) is 3.19. The summed E-state index contributed by atoms with van der Waals surface area (Å²) in [6.07, 6.45) is 11.4. The lowest BCUT2D eigenvalue weighted by Gasteiger charge is -2.17. The van der Waals surface area contributed by atoms with E-state index in [2.05, 4.69) is 18.2 Å². The van der Waals surface area contributed by atoms with Gasteiger partial charge in [-0.2, -0.15) is 0 Å². The predicted octanol–water partition coefficient (Wildman–Crippen LogP) is 3.86. The summed E-state index contributed by atoms with van der Waals surface area (Å²) < 4.78 is 0. The second-order valence-electron chi connectivity index (χ2n) is 4.39. The minimum Gasteiger partial charge on any atom is -0.398 e. The lowest BCUT2D eigenvalue weighted by Crippen LogP contribution is -2.02. The van der Waals surface area contributed by atoms with Gasteiger partial charge in [-0.15, -0.1) is 0 Å². The highest BCUT2D eigenvalue weighted by Gasteiger charge is 2.09. The molecular formula is C14H19N. The Kier molecular flexibility index (Phi) is 3.44. The molecule has 0 saturated heterocycles. The summed E-state index contributed by atoms with van der Waals surface area (Å²) in [6, 6.07) is 8.05. The molecule has 1 aromatic rings. The van der Waals surface area contributed by atoms with Gasteiger partial charge in [-0.05, 0) is 30.4 Å². The van der Waals surface area contributed by atoms with E-state index in [0.29, 0.717) is 0 Å². The average molecular weight is 201 g/mol. The maximum Gasteiger partial charge on any atom is 0.0387 e. The largest absolute Gasteiger partial charge is 0.398 e. The number of anilines is 1. The Morgan fingerprint density at radius 2 is 1.80 bits per heavy atom. The zero-order valence-corrected chi connectivity index (χ0v) is 9.15. The standard InChI is InChI=1S/C14H19N/c15-14-9-5-4-8-13(14)11-10-12-6-2-1-3-7-12/h4-5,8-12H,1-3,6-7,15H2/b11-10+. The molecule has 0 aromatic heterocycles. The molecule has 0 amide bonds. The highest BCUT2D eigenvalue weighted by Crippen LogP contribution is 2.25. The van der Waals surface area contributed by atoms with Crippen LogP contribution in [0.15, 0.2) is 30.3 Å². The zero-order chi connectivity index (χ0) is 10.5. The molecule has 0 atom stereocenters. The van der Waals surface area contributed by atoms with Gasteiger partial charge in [0.05, 0.1) is 0 Å². The minimum absolute atomic E-state index is 0.776. The number of hydrogen-bond acceptors (Lipinski definition) is 1. The normalized spacial score (nSPS) is 18.4. The Morgan fingerprint density at radius 1 is 1.07 bits per heavy atom. The van der Waals surface area contributed by atoms with Crippen LogP contribution in [0.2, 0.25) is 0 Å².